The zero-order valence-corrected chi connectivity index (χ0v) is 13.4. The lowest BCUT2D eigenvalue weighted by Gasteiger charge is -2.10. The summed E-state index contributed by atoms with van der Waals surface area (Å²) in [7, 11) is -3.70. The number of aryl methyl sites for hydroxylation is 1. The van der Waals surface area contributed by atoms with Gasteiger partial charge in [-0.05, 0) is 35.5 Å². The predicted octanol–water partition coefficient (Wildman–Crippen LogP) is 1.55. The minimum Gasteiger partial charge on any atom is -0.361 e. The Hall–Kier alpha value is -2.46. The minimum absolute atomic E-state index is 0.222. The van der Waals surface area contributed by atoms with Gasteiger partial charge in [0.25, 0.3) is 0 Å². The quantitative estimate of drug-likeness (QED) is 0.738. The molecule has 120 valence electrons. The van der Waals surface area contributed by atoms with E-state index in [0.717, 1.165) is 0 Å². The highest BCUT2D eigenvalue weighted by Gasteiger charge is 2.17. The highest BCUT2D eigenvalue weighted by atomic mass is 35.5. The molecule has 3 aromatic rings. The summed E-state index contributed by atoms with van der Waals surface area (Å²) in [5.74, 6) is 0.212. The van der Waals surface area contributed by atoms with Crippen molar-refractivity contribution < 1.29 is 12.9 Å². The average molecular weight is 355 g/mol. The van der Waals surface area contributed by atoms with Gasteiger partial charge in [-0.15, -0.1) is 5.10 Å². The number of tetrazole rings is 1. The molecular weight excluding hydrogens is 344 g/mol. The summed E-state index contributed by atoms with van der Waals surface area (Å²) in [5, 5.41) is 14.7. The van der Waals surface area contributed by atoms with Crippen molar-refractivity contribution in [1.82, 2.24) is 25.4 Å². The Morgan fingerprint density at radius 3 is 2.83 bits per heavy atom. The number of rotatable bonds is 5. The number of sulfonamides is 1. The molecule has 9 nitrogen and oxygen atoms in total. The Labute approximate surface area is 136 Å². The minimum atomic E-state index is -3.70. The summed E-state index contributed by atoms with van der Waals surface area (Å²) in [6.07, 6.45) is 1.39. The van der Waals surface area contributed by atoms with Gasteiger partial charge >= 0.3 is 0 Å². The van der Waals surface area contributed by atoms with Gasteiger partial charge in [0.1, 0.15) is 23.5 Å². The van der Waals surface area contributed by atoms with Gasteiger partial charge in [-0.2, -0.15) is 0 Å². The zero-order chi connectivity index (χ0) is 16.4. The molecule has 0 fully saturated rings. The molecule has 0 unspecified atom stereocenters. The lowest BCUT2D eigenvalue weighted by Crippen LogP contribution is -2.15. The van der Waals surface area contributed by atoms with Gasteiger partial charge in [0.15, 0.2) is 0 Å². The molecule has 0 aliphatic rings. The molecular formula is C12H11ClN6O3S. The highest BCUT2D eigenvalue weighted by Crippen LogP contribution is 2.26. The Balaban J connectivity index is 1.85. The Morgan fingerprint density at radius 1 is 1.35 bits per heavy atom. The van der Waals surface area contributed by atoms with E-state index in [1.54, 1.807) is 25.1 Å². The van der Waals surface area contributed by atoms with Crippen LogP contribution in [0.25, 0.3) is 5.69 Å². The summed E-state index contributed by atoms with van der Waals surface area (Å²) in [5.41, 5.74) is 1.09. The third-order valence-electron chi connectivity index (χ3n) is 2.84. The van der Waals surface area contributed by atoms with Crippen molar-refractivity contribution in [1.29, 1.82) is 0 Å². The number of nitrogens with zero attached hydrogens (tertiary/aromatic N) is 5. The molecule has 0 saturated carbocycles. The fourth-order valence-corrected chi connectivity index (χ4v) is 3.22. The van der Waals surface area contributed by atoms with Crippen LogP contribution in [0.3, 0.4) is 0 Å². The van der Waals surface area contributed by atoms with Crippen LogP contribution in [0.15, 0.2) is 35.1 Å². The summed E-state index contributed by atoms with van der Waals surface area (Å²) >= 11 is 6.05. The summed E-state index contributed by atoms with van der Waals surface area (Å²) in [6.45, 7) is 1.68. The molecule has 0 bridgehead atoms. The third kappa shape index (κ3) is 3.66. The van der Waals surface area contributed by atoms with Gasteiger partial charge in [-0.25, -0.2) is 13.1 Å². The first-order valence-corrected chi connectivity index (χ1v) is 8.41. The number of anilines is 1. The molecule has 23 heavy (non-hydrogen) atoms. The van der Waals surface area contributed by atoms with Gasteiger partial charge in [-0.3, -0.25) is 4.72 Å². The molecule has 1 aromatic carbocycles. The van der Waals surface area contributed by atoms with Crippen molar-refractivity contribution in [2.75, 3.05) is 4.72 Å². The van der Waals surface area contributed by atoms with Crippen molar-refractivity contribution in [3.63, 3.8) is 0 Å². The van der Waals surface area contributed by atoms with E-state index in [-0.39, 0.29) is 16.5 Å². The molecule has 3 rings (SSSR count). The van der Waals surface area contributed by atoms with Crippen LogP contribution in [0.1, 0.15) is 11.5 Å². The van der Waals surface area contributed by atoms with Crippen molar-refractivity contribution in [3.8, 4) is 5.69 Å². The van der Waals surface area contributed by atoms with Crippen LogP contribution in [0.2, 0.25) is 5.02 Å². The maximum Gasteiger partial charge on any atom is 0.238 e. The van der Waals surface area contributed by atoms with E-state index in [1.165, 1.54) is 17.1 Å². The van der Waals surface area contributed by atoms with Crippen LogP contribution in [0.4, 0.5) is 5.69 Å². The fourth-order valence-electron chi connectivity index (χ4n) is 1.90. The first-order chi connectivity index (χ1) is 10.9. The van der Waals surface area contributed by atoms with E-state index < -0.39 is 10.0 Å². The monoisotopic (exact) mass is 354 g/mol. The Bertz CT molecular complexity index is 922. The van der Waals surface area contributed by atoms with Gasteiger partial charge in [0.2, 0.25) is 10.0 Å². The smallest absolute Gasteiger partial charge is 0.238 e. The predicted molar refractivity (Wildman–Crippen MR) is 81.7 cm³/mol. The fraction of sp³-hybridized carbons (Fsp3) is 0.167. The largest absolute Gasteiger partial charge is 0.361 e. The van der Waals surface area contributed by atoms with E-state index in [0.29, 0.717) is 17.1 Å². The molecule has 11 heteroatoms. The van der Waals surface area contributed by atoms with Gasteiger partial charge < -0.3 is 4.52 Å². The van der Waals surface area contributed by atoms with Gasteiger partial charge in [-0.1, -0.05) is 16.8 Å². The van der Waals surface area contributed by atoms with E-state index >= 15 is 0 Å². The lowest BCUT2D eigenvalue weighted by atomic mass is 10.3. The number of hydrogen-bond donors (Lipinski definition) is 1. The van der Waals surface area contributed by atoms with Crippen molar-refractivity contribution >= 4 is 27.3 Å². The van der Waals surface area contributed by atoms with Crippen molar-refractivity contribution in [2.45, 2.75) is 12.7 Å². The first kappa shape index (κ1) is 15.4. The molecule has 0 saturated heterocycles. The summed E-state index contributed by atoms with van der Waals surface area (Å²) in [6, 6.07) is 6.30. The molecule has 1 N–H and O–H groups in total. The first-order valence-electron chi connectivity index (χ1n) is 6.38. The second kappa shape index (κ2) is 5.97. The number of aromatic nitrogens is 5. The van der Waals surface area contributed by atoms with E-state index in [4.69, 9.17) is 16.1 Å². The molecule has 2 aromatic heterocycles. The standard InChI is InChI=1S/C12H11ClN6O3S/c1-8-4-9(15-22-8)6-23(20,21)16-12-5-10(2-3-11(12)13)19-7-14-17-18-19/h2-5,7,16H,6H2,1H3. The van der Waals surface area contributed by atoms with E-state index in [9.17, 15) is 8.42 Å². The van der Waals surface area contributed by atoms with Crippen LogP contribution in [-0.4, -0.2) is 33.8 Å². The average Bonchev–Trinajstić information content (AvgIpc) is 3.12. The number of benzene rings is 1. The highest BCUT2D eigenvalue weighted by molar-refractivity contribution is 7.91. The molecule has 0 atom stereocenters. The van der Waals surface area contributed by atoms with Crippen LogP contribution < -0.4 is 4.72 Å². The Morgan fingerprint density at radius 2 is 2.17 bits per heavy atom. The van der Waals surface area contributed by atoms with Crippen LogP contribution in [0, 0.1) is 6.92 Å². The number of hydrogen-bond acceptors (Lipinski definition) is 7. The van der Waals surface area contributed by atoms with E-state index in [2.05, 4.69) is 25.4 Å². The zero-order valence-electron chi connectivity index (χ0n) is 11.8. The number of halogens is 1. The second-order valence-electron chi connectivity index (χ2n) is 4.71. The maximum atomic E-state index is 12.2. The number of nitrogens with one attached hydrogen (secondary N) is 1. The normalized spacial score (nSPS) is 11.6. The van der Waals surface area contributed by atoms with Gasteiger partial charge in [0, 0.05) is 6.07 Å². The molecule has 0 radical (unpaired) electrons. The summed E-state index contributed by atoms with van der Waals surface area (Å²) in [4.78, 5) is 0. The van der Waals surface area contributed by atoms with Crippen LogP contribution >= 0.6 is 11.6 Å². The molecule has 0 aliphatic heterocycles. The van der Waals surface area contributed by atoms with Crippen LogP contribution in [0.5, 0.6) is 0 Å². The molecule has 2 heterocycles. The SMILES string of the molecule is Cc1cc(CS(=O)(=O)Nc2cc(-n3cnnn3)ccc2Cl)no1. The van der Waals surface area contributed by atoms with Gasteiger partial charge in [0.05, 0.1) is 16.4 Å². The molecule has 0 aliphatic carbocycles. The van der Waals surface area contributed by atoms with Crippen molar-refractivity contribution in [2.24, 2.45) is 0 Å². The lowest BCUT2D eigenvalue weighted by molar-refractivity contribution is 0.392. The van der Waals surface area contributed by atoms with E-state index in [1.807, 2.05) is 0 Å². The molecule has 0 amide bonds. The topological polar surface area (TPSA) is 116 Å². The maximum absolute atomic E-state index is 12.2. The molecule has 0 spiro atoms. The third-order valence-corrected chi connectivity index (χ3v) is 4.38. The van der Waals surface area contributed by atoms with Crippen molar-refractivity contribution in [3.05, 3.63) is 47.1 Å². The van der Waals surface area contributed by atoms with Crippen LogP contribution in [-0.2, 0) is 15.8 Å². The Kier molecular flexibility index (Phi) is 4.01. The summed E-state index contributed by atoms with van der Waals surface area (Å²) < 4.78 is 33.1. The second-order valence-corrected chi connectivity index (χ2v) is 6.84.